The Balaban J connectivity index is 1.64. The number of piperazine rings is 1. The van der Waals surface area contributed by atoms with Gasteiger partial charge in [0.1, 0.15) is 0 Å². The molecule has 142 valence electrons. The molecule has 7 nitrogen and oxygen atoms in total. The van der Waals surface area contributed by atoms with Gasteiger partial charge in [-0.2, -0.15) is 4.31 Å². The smallest absolute Gasteiger partial charge is 0.271 e. The van der Waals surface area contributed by atoms with Crippen LogP contribution in [-0.2, 0) is 22.0 Å². The Morgan fingerprint density at radius 3 is 2.23 bits per heavy atom. The Labute approximate surface area is 155 Å². The van der Waals surface area contributed by atoms with Gasteiger partial charge in [-0.25, -0.2) is 8.42 Å². The van der Waals surface area contributed by atoms with Gasteiger partial charge >= 0.3 is 0 Å². The molecule has 2 heterocycles. The average molecular weight is 380 g/mol. The van der Waals surface area contributed by atoms with Gasteiger partial charge in [0.2, 0.25) is 15.9 Å². The lowest BCUT2D eigenvalue weighted by Crippen LogP contribution is -3.13. The molecule has 1 aromatic heterocycles. The number of quaternary nitrogens is 1. The van der Waals surface area contributed by atoms with Crippen LogP contribution in [0.4, 0.5) is 0 Å². The molecule has 26 heavy (non-hydrogen) atoms. The average Bonchev–Trinajstić information content (AvgIpc) is 2.99. The van der Waals surface area contributed by atoms with Crippen LogP contribution in [0.3, 0.4) is 0 Å². The Hall–Kier alpha value is -1.77. The number of nitrogens with zero attached hydrogens (tertiary/aromatic N) is 3. The summed E-state index contributed by atoms with van der Waals surface area (Å²) in [6.07, 6.45) is 0. The largest absolute Gasteiger partial charge is 0.420 e. The van der Waals surface area contributed by atoms with Gasteiger partial charge in [0, 0.05) is 6.92 Å². The molecule has 0 amide bonds. The van der Waals surface area contributed by atoms with E-state index in [-0.39, 0.29) is 5.41 Å². The molecule has 3 rings (SSSR count). The maximum Gasteiger partial charge on any atom is 0.271 e. The van der Waals surface area contributed by atoms with Crippen LogP contribution in [0.5, 0.6) is 0 Å². The van der Waals surface area contributed by atoms with Crippen LogP contribution in [0.25, 0.3) is 0 Å². The van der Waals surface area contributed by atoms with E-state index in [1.165, 1.54) is 4.90 Å². The number of hydrogen-bond acceptors (Lipinski definition) is 5. The predicted octanol–water partition coefficient (Wildman–Crippen LogP) is 0.765. The molecular formula is C18H27N4O3S+. The Morgan fingerprint density at radius 1 is 1.12 bits per heavy atom. The van der Waals surface area contributed by atoms with Crippen molar-refractivity contribution >= 4 is 10.0 Å². The molecule has 1 fully saturated rings. The molecule has 0 atom stereocenters. The van der Waals surface area contributed by atoms with Crippen LogP contribution in [0, 0.1) is 6.92 Å². The fraction of sp³-hybridized carbons (Fsp3) is 0.556. The first kappa shape index (κ1) is 19.0. The van der Waals surface area contributed by atoms with E-state index >= 15 is 0 Å². The normalized spacial score (nSPS) is 17.5. The maximum atomic E-state index is 12.9. The number of aromatic nitrogens is 2. The molecule has 1 aliphatic rings. The van der Waals surface area contributed by atoms with Crippen LogP contribution in [-0.4, -0.2) is 49.1 Å². The van der Waals surface area contributed by atoms with Crippen molar-refractivity contribution in [3.63, 3.8) is 0 Å². The zero-order valence-electron chi connectivity index (χ0n) is 15.8. The predicted molar refractivity (Wildman–Crippen MR) is 97.3 cm³/mol. The van der Waals surface area contributed by atoms with Gasteiger partial charge in [-0.15, -0.1) is 10.2 Å². The lowest BCUT2D eigenvalue weighted by molar-refractivity contribution is -0.918. The highest BCUT2D eigenvalue weighted by molar-refractivity contribution is 7.89. The van der Waals surface area contributed by atoms with Gasteiger partial charge in [0.15, 0.2) is 6.54 Å². The van der Waals surface area contributed by atoms with E-state index in [2.05, 4.69) is 31.0 Å². The second-order valence-electron chi connectivity index (χ2n) is 7.82. The molecule has 2 aromatic rings. The minimum Gasteiger partial charge on any atom is -0.420 e. The number of rotatable bonds is 4. The molecule has 8 heteroatoms. The number of sulfonamides is 1. The Morgan fingerprint density at radius 2 is 1.73 bits per heavy atom. The third-order valence-corrected chi connectivity index (χ3v) is 6.67. The highest BCUT2D eigenvalue weighted by Gasteiger charge is 2.31. The summed E-state index contributed by atoms with van der Waals surface area (Å²) in [5.74, 6) is 1.16. The summed E-state index contributed by atoms with van der Waals surface area (Å²) in [5, 5.41) is 7.85. The second kappa shape index (κ2) is 7.09. The molecule has 1 N–H and O–H groups in total. The van der Waals surface area contributed by atoms with E-state index in [9.17, 15) is 8.42 Å². The summed E-state index contributed by atoms with van der Waals surface area (Å²) in [7, 11) is -3.45. The molecule has 1 saturated heterocycles. The zero-order chi connectivity index (χ0) is 18.9. The fourth-order valence-corrected chi connectivity index (χ4v) is 4.56. The van der Waals surface area contributed by atoms with Crippen molar-refractivity contribution in [2.75, 3.05) is 26.2 Å². The first-order valence-corrected chi connectivity index (χ1v) is 10.3. The molecule has 0 radical (unpaired) electrons. The molecule has 0 aliphatic carbocycles. The van der Waals surface area contributed by atoms with Crippen molar-refractivity contribution < 1.29 is 17.7 Å². The van der Waals surface area contributed by atoms with E-state index in [0.717, 1.165) is 18.7 Å². The molecular weight excluding hydrogens is 352 g/mol. The van der Waals surface area contributed by atoms with Crippen LogP contribution in [0.15, 0.2) is 33.6 Å². The maximum absolute atomic E-state index is 12.9. The lowest BCUT2D eigenvalue weighted by Gasteiger charge is -2.31. The first-order valence-electron chi connectivity index (χ1n) is 8.89. The third-order valence-electron chi connectivity index (χ3n) is 4.76. The summed E-state index contributed by atoms with van der Waals surface area (Å²) >= 11 is 0. The number of benzene rings is 1. The van der Waals surface area contributed by atoms with Gasteiger partial charge < -0.3 is 9.32 Å². The van der Waals surface area contributed by atoms with Gasteiger partial charge in [-0.3, -0.25) is 0 Å². The van der Waals surface area contributed by atoms with Crippen molar-refractivity contribution in [2.45, 2.75) is 44.6 Å². The van der Waals surface area contributed by atoms with E-state index in [1.807, 2.05) is 12.1 Å². The molecule has 0 saturated carbocycles. The standard InChI is InChI=1S/C18H26N4O3S/c1-14-19-20-17(25-14)13-21-9-11-22(12-10-21)26(23,24)16-7-5-15(6-8-16)18(2,3)4/h5-8H,9-13H2,1-4H3/p+1. The van der Waals surface area contributed by atoms with Crippen molar-refractivity contribution in [3.8, 4) is 0 Å². The summed E-state index contributed by atoms with van der Waals surface area (Å²) in [5.41, 5.74) is 1.13. The molecule has 1 aliphatic heterocycles. The van der Waals surface area contributed by atoms with Crippen molar-refractivity contribution in [1.29, 1.82) is 0 Å². The molecule has 0 unspecified atom stereocenters. The minimum absolute atomic E-state index is 0.00434. The van der Waals surface area contributed by atoms with Gasteiger partial charge in [-0.1, -0.05) is 32.9 Å². The minimum atomic E-state index is -3.45. The highest BCUT2D eigenvalue weighted by Crippen LogP contribution is 2.24. The molecule has 0 spiro atoms. The summed E-state index contributed by atoms with van der Waals surface area (Å²) < 4.78 is 32.8. The van der Waals surface area contributed by atoms with Gasteiger partial charge in [0.05, 0.1) is 31.1 Å². The Bertz CT molecular complexity index is 845. The van der Waals surface area contributed by atoms with Crippen LogP contribution in [0.2, 0.25) is 0 Å². The fourth-order valence-electron chi connectivity index (χ4n) is 3.12. The summed E-state index contributed by atoms with van der Waals surface area (Å²) in [4.78, 5) is 1.62. The van der Waals surface area contributed by atoms with Crippen LogP contribution >= 0.6 is 0 Å². The molecule has 1 aromatic carbocycles. The van der Waals surface area contributed by atoms with E-state index in [1.54, 1.807) is 23.4 Å². The van der Waals surface area contributed by atoms with E-state index in [0.29, 0.717) is 36.3 Å². The quantitative estimate of drug-likeness (QED) is 0.849. The third kappa shape index (κ3) is 4.13. The van der Waals surface area contributed by atoms with Crippen LogP contribution in [0.1, 0.15) is 38.1 Å². The number of hydrogen-bond donors (Lipinski definition) is 1. The second-order valence-corrected chi connectivity index (χ2v) is 9.76. The SMILES string of the molecule is Cc1nnc(C[NH+]2CCN(S(=O)(=O)c3ccc(C(C)(C)C)cc3)CC2)o1. The van der Waals surface area contributed by atoms with E-state index in [4.69, 9.17) is 4.42 Å². The Kier molecular flexibility index (Phi) is 5.18. The topological polar surface area (TPSA) is 80.7 Å². The van der Waals surface area contributed by atoms with Gasteiger partial charge in [0.25, 0.3) is 5.89 Å². The first-order chi connectivity index (χ1) is 12.2. The lowest BCUT2D eigenvalue weighted by atomic mass is 9.87. The summed E-state index contributed by atoms with van der Waals surface area (Å²) in [6, 6.07) is 7.26. The van der Waals surface area contributed by atoms with Crippen molar-refractivity contribution in [1.82, 2.24) is 14.5 Å². The van der Waals surface area contributed by atoms with Crippen LogP contribution < -0.4 is 4.90 Å². The number of aryl methyl sites for hydroxylation is 1. The van der Waals surface area contributed by atoms with Crippen molar-refractivity contribution in [3.05, 3.63) is 41.6 Å². The summed E-state index contributed by atoms with van der Waals surface area (Å²) in [6.45, 7) is 11.2. The highest BCUT2D eigenvalue weighted by atomic mass is 32.2. The van der Waals surface area contributed by atoms with Crippen molar-refractivity contribution in [2.24, 2.45) is 0 Å². The zero-order valence-corrected chi connectivity index (χ0v) is 16.6. The number of nitrogens with one attached hydrogen (secondary N) is 1. The van der Waals surface area contributed by atoms with Gasteiger partial charge in [-0.05, 0) is 23.1 Å². The molecule has 0 bridgehead atoms. The monoisotopic (exact) mass is 379 g/mol. The van der Waals surface area contributed by atoms with E-state index < -0.39 is 10.0 Å².